The van der Waals surface area contributed by atoms with Gasteiger partial charge in [-0.3, -0.25) is 4.98 Å². The molecule has 116 valence electrons. The van der Waals surface area contributed by atoms with Crippen LogP contribution in [0, 0.1) is 0 Å². The summed E-state index contributed by atoms with van der Waals surface area (Å²) in [6.45, 7) is 5.98. The average molecular weight is 297 g/mol. The molecule has 1 aromatic rings. The van der Waals surface area contributed by atoms with Crippen LogP contribution in [-0.4, -0.2) is 22.0 Å². The van der Waals surface area contributed by atoms with Crippen LogP contribution in [0.1, 0.15) is 74.0 Å². The number of alkyl halides is 2. The minimum Gasteiger partial charge on any atom is -0.478 e. The number of halogens is 2. The molecule has 1 aromatic heterocycles. The highest BCUT2D eigenvalue weighted by Crippen LogP contribution is 2.42. The van der Waals surface area contributed by atoms with E-state index < -0.39 is 11.9 Å². The Labute approximate surface area is 123 Å². The van der Waals surface area contributed by atoms with E-state index in [4.69, 9.17) is 0 Å². The number of hydrogen-bond donors (Lipinski definition) is 1. The van der Waals surface area contributed by atoms with Crippen molar-refractivity contribution < 1.29 is 18.7 Å². The van der Waals surface area contributed by atoms with Gasteiger partial charge in [-0.15, -0.1) is 0 Å². The number of aromatic carboxylic acids is 1. The fraction of sp³-hybridized carbons (Fsp3) is 0.625. The van der Waals surface area contributed by atoms with Crippen molar-refractivity contribution in [3.63, 3.8) is 0 Å². The van der Waals surface area contributed by atoms with Gasteiger partial charge in [-0.1, -0.05) is 20.8 Å². The first-order valence-corrected chi connectivity index (χ1v) is 7.22. The van der Waals surface area contributed by atoms with Crippen LogP contribution in [0.3, 0.4) is 0 Å². The third kappa shape index (κ3) is 3.57. The molecule has 0 aliphatic heterocycles. The van der Waals surface area contributed by atoms with Crippen LogP contribution >= 0.6 is 0 Å². The van der Waals surface area contributed by atoms with Crippen molar-refractivity contribution in [3.05, 3.63) is 29.1 Å². The molecule has 5 heteroatoms. The molecule has 0 radical (unpaired) electrons. The summed E-state index contributed by atoms with van der Waals surface area (Å²) in [6.07, 6.45) is 1.65. The Morgan fingerprint density at radius 1 is 1.33 bits per heavy atom. The monoisotopic (exact) mass is 297 g/mol. The molecular formula is C16H21F2NO2. The largest absolute Gasteiger partial charge is 0.478 e. The topological polar surface area (TPSA) is 50.2 Å². The number of nitrogens with zero attached hydrogens (tertiary/aromatic N) is 1. The number of carboxylic acid groups (broad SMARTS) is 1. The maximum absolute atomic E-state index is 13.3. The highest BCUT2D eigenvalue weighted by molar-refractivity contribution is 5.89. The van der Waals surface area contributed by atoms with Crippen LogP contribution in [0.15, 0.2) is 12.3 Å². The van der Waals surface area contributed by atoms with E-state index in [1.807, 2.05) is 20.8 Å². The Hall–Kier alpha value is -1.52. The molecule has 0 amide bonds. The molecule has 0 atom stereocenters. The van der Waals surface area contributed by atoms with Gasteiger partial charge in [0.05, 0.1) is 5.56 Å². The summed E-state index contributed by atoms with van der Waals surface area (Å²) in [4.78, 5) is 15.6. The summed E-state index contributed by atoms with van der Waals surface area (Å²) in [5.74, 6) is -3.78. The second-order valence-electron chi connectivity index (χ2n) is 6.84. The lowest BCUT2D eigenvalue weighted by Crippen LogP contribution is -2.25. The number of carbonyl (C=O) groups is 1. The fourth-order valence-electron chi connectivity index (χ4n) is 2.75. The van der Waals surface area contributed by atoms with Gasteiger partial charge in [-0.2, -0.15) is 0 Å². The summed E-state index contributed by atoms with van der Waals surface area (Å²) in [5.41, 5.74) is 1.38. The van der Waals surface area contributed by atoms with Crippen molar-refractivity contribution in [1.82, 2.24) is 4.98 Å². The lowest BCUT2D eigenvalue weighted by atomic mass is 9.79. The third-order valence-corrected chi connectivity index (χ3v) is 4.09. The summed E-state index contributed by atoms with van der Waals surface area (Å²) in [5, 5.41) is 9.30. The molecule has 1 fully saturated rings. The smallest absolute Gasteiger partial charge is 0.337 e. The molecule has 1 saturated carbocycles. The third-order valence-electron chi connectivity index (χ3n) is 4.09. The van der Waals surface area contributed by atoms with Crippen LogP contribution < -0.4 is 0 Å². The molecule has 0 saturated heterocycles. The van der Waals surface area contributed by atoms with E-state index in [0.717, 1.165) is 5.69 Å². The zero-order chi connectivity index (χ0) is 15.8. The molecule has 1 aliphatic carbocycles. The van der Waals surface area contributed by atoms with Gasteiger partial charge in [-0.25, -0.2) is 13.6 Å². The molecule has 1 heterocycles. The maximum atomic E-state index is 13.3. The molecule has 2 rings (SSSR count). The predicted octanol–water partition coefficient (Wildman–Crippen LogP) is 4.37. The Balaban J connectivity index is 2.38. The van der Waals surface area contributed by atoms with E-state index in [1.165, 1.54) is 6.20 Å². The zero-order valence-corrected chi connectivity index (χ0v) is 12.6. The molecule has 3 nitrogen and oxygen atoms in total. The highest BCUT2D eigenvalue weighted by Gasteiger charge is 2.36. The number of aromatic nitrogens is 1. The number of rotatable bonds is 2. The Bertz CT molecular complexity index is 540. The van der Waals surface area contributed by atoms with Crippen molar-refractivity contribution in [3.8, 4) is 0 Å². The van der Waals surface area contributed by atoms with Crippen LogP contribution in [0.25, 0.3) is 0 Å². The van der Waals surface area contributed by atoms with Gasteiger partial charge in [0.25, 0.3) is 0 Å². The normalized spacial score (nSPS) is 19.5. The van der Waals surface area contributed by atoms with E-state index in [0.29, 0.717) is 18.4 Å². The summed E-state index contributed by atoms with van der Waals surface area (Å²) in [6, 6.07) is 1.79. The van der Waals surface area contributed by atoms with Gasteiger partial charge in [0.2, 0.25) is 5.92 Å². The molecule has 0 spiro atoms. The van der Waals surface area contributed by atoms with Gasteiger partial charge in [0, 0.05) is 30.1 Å². The molecule has 21 heavy (non-hydrogen) atoms. The number of carboxylic acids is 1. The minimum absolute atomic E-state index is 0.125. The molecule has 0 unspecified atom stereocenters. The van der Waals surface area contributed by atoms with Crippen molar-refractivity contribution in [2.75, 3.05) is 0 Å². The summed E-state index contributed by atoms with van der Waals surface area (Å²) < 4.78 is 26.6. The molecule has 0 bridgehead atoms. The van der Waals surface area contributed by atoms with E-state index >= 15 is 0 Å². The van der Waals surface area contributed by atoms with Gasteiger partial charge in [0.15, 0.2) is 0 Å². The van der Waals surface area contributed by atoms with E-state index in [1.54, 1.807) is 6.07 Å². The van der Waals surface area contributed by atoms with Crippen LogP contribution in [0.5, 0.6) is 0 Å². The Kier molecular flexibility index (Phi) is 4.04. The lowest BCUT2D eigenvalue weighted by Gasteiger charge is -2.30. The number of pyridine rings is 1. The van der Waals surface area contributed by atoms with Crippen molar-refractivity contribution in [2.24, 2.45) is 0 Å². The highest BCUT2D eigenvalue weighted by atomic mass is 19.3. The van der Waals surface area contributed by atoms with Crippen LogP contribution in [-0.2, 0) is 5.41 Å². The first-order chi connectivity index (χ1) is 9.60. The maximum Gasteiger partial charge on any atom is 0.337 e. The van der Waals surface area contributed by atoms with Crippen molar-refractivity contribution in [2.45, 2.75) is 63.7 Å². The zero-order valence-electron chi connectivity index (χ0n) is 12.6. The molecule has 1 aliphatic rings. The van der Waals surface area contributed by atoms with Gasteiger partial charge >= 0.3 is 5.97 Å². The molecule has 1 N–H and O–H groups in total. The second-order valence-corrected chi connectivity index (χ2v) is 6.84. The minimum atomic E-state index is -2.61. The average Bonchev–Trinajstić information content (AvgIpc) is 2.37. The van der Waals surface area contributed by atoms with Gasteiger partial charge < -0.3 is 5.11 Å². The lowest BCUT2D eigenvalue weighted by molar-refractivity contribution is -0.0382. The first kappa shape index (κ1) is 15.9. The predicted molar refractivity (Wildman–Crippen MR) is 76.1 cm³/mol. The molecular weight excluding hydrogens is 276 g/mol. The molecule has 0 aromatic carbocycles. The van der Waals surface area contributed by atoms with Crippen LogP contribution in [0.2, 0.25) is 0 Å². The van der Waals surface area contributed by atoms with E-state index in [-0.39, 0.29) is 29.7 Å². The second kappa shape index (κ2) is 5.35. The Morgan fingerprint density at radius 2 is 1.90 bits per heavy atom. The van der Waals surface area contributed by atoms with E-state index in [9.17, 15) is 18.7 Å². The van der Waals surface area contributed by atoms with Gasteiger partial charge in [0.1, 0.15) is 0 Å². The van der Waals surface area contributed by atoms with Crippen molar-refractivity contribution >= 4 is 5.97 Å². The standard InChI is InChI=1S/C16H21F2NO2/c1-15(2,3)13-8-11(12(9-19-13)14(20)21)10-4-6-16(17,18)7-5-10/h8-10H,4-7H2,1-3H3,(H,20,21). The van der Waals surface area contributed by atoms with Gasteiger partial charge in [-0.05, 0) is 30.4 Å². The summed E-state index contributed by atoms with van der Waals surface area (Å²) >= 11 is 0. The fourth-order valence-corrected chi connectivity index (χ4v) is 2.75. The van der Waals surface area contributed by atoms with E-state index in [2.05, 4.69) is 4.98 Å². The van der Waals surface area contributed by atoms with Crippen molar-refractivity contribution in [1.29, 1.82) is 0 Å². The Morgan fingerprint density at radius 3 is 2.38 bits per heavy atom. The van der Waals surface area contributed by atoms with Crippen LogP contribution in [0.4, 0.5) is 8.78 Å². The summed E-state index contributed by atoms with van der Waals surface area (Å²) in [7, 11) is 0. The quantitative estimate of drug-likeness (QED) is 0.881. The SMILES string of the molecule is CC(C)(C)c1cc(C2CCC(F)(F)CC2)c(C(=O)O)cn1. The number of hydrogen-bond acceptors (Lipinski definition) is 2. The first-order valence-electron chi connectivity index (χ1n) is 7.22.